The highest BCUT2D eigenvalue weighted by atomic mass is 19.1. The van der Waals surface area contributed by atoms with Crippen LogP contribution in [-0.4, -0.2) is 31.6 Å². The van der Waals surface area contributed by atoms with Crippen LogP contribution in [0.1, 0.15) is 18.1 Å². The Morgan fingerprint density at radius 3 is 2.52 bits per heavy atom. The molecule has 0 spiro atoms. The average Bonchev–Trinajstić information content (AvgIpc) is 2.62. The van der Waals surface area contributed by atoms with Crippen LogP contribution in [0.3, 0.4) is 0 Å². The molecule has 0 saturated heterocycles. The lowest BCUT2D eigenvalue weighted by molar-refractivity contribution is -0.132. The summed E-state index contributed by atoms with van der Waals surface area (Å²) in [5.41, 5.74) is 1.84. The maximum atomic E-state index is 12.9. The molecule has 2 rings (SSSR count). The maximum absolute atomic E-state index is 12.9. The lowest BCUT2D eigenvalue weighted by atomic mass is 10.2. The Balaban J connectivity index is 1.95. The first-order valence-electron chi connectivity index (χ1n) is 7.95. The zero-order chi connectivity index (χ0) is 18.2. The number of allylic oxidation sites excluding steroid dienone is 1. The Morgan fingerprint density at radius 2 is 1.88 bits per heavy atom. The zero-order valence-corrected chi connectivity index (χ0v) is 14.7. The third-order valence-electron chi connectivity index (χ3n) is 3.66. The predicted octanol–water partition coefficient (Wildman–Crippen LogP) is 3.90. The topological polar surface area (TPSA) is 38.8 Å². The van der Waals surface area contributed by atoms with Gasteiger partial charge >= 0.3 is 0 Å². The molecule has 0 unspecified atom stereocenters. The normalized spacial score (nSPS) is 10.7. The Hall–Kier alpha value is -2.82. The standard InChI is InChI=1S/C20H22FNO3/c1-4-5-15-8-11-18(19(12-15)24-3)25-14-20(23)22(2)13-16-6-9-17(21)10-7-16/h4-12H,13-14H2,1-3H3. The van der Waals surface area contributed by atoms with Crippen molar-refractivity contribution in [2.24, 2.45) is 0 Å². The molecular formula is C20H22FNO3. The minimum atomic E-state index is -0.297. The van der Waals surface area contributed by atoms with Crippen molar-refractivity contribution in [2.45, 2.75) is 13.5 Å². The largest absolute Gasteiger partial charge is 0.493 e. The second-order valence-corrected chi connectivity index (χ2v) is 5.58. The van der Waals surface area contributed by atoms with Gasteiger partial charge in [0.25, 0.3) is 5.91 Å². The molecule has 0 heterocycles. The van der Waals surface area contributed by atoms with E-state index in [2.05, 4.69) is 0 Å². The lowest BCUT2D eigenvalue weighted by Crippen LogP contribution is -2.31. The molecule has 0 aromatic heterocycles. The number of likely N-dealkylation sites (N-methyl/N-ethyl adjacent to an activating group) is 1. The number of methoxy groups -OCH3 is 1. The summed E-state index contributed by atoms with van der Waals surface area (Å²) in [5, 5.41) is 0. The summed E-state index contributed by atoms with van der Waals surface area (Å²) >= 11 is 0. The van der Waals surface area contributed by atoms with Crippen LogP contribution >= 0.6 is 0 Å². The number of hydrogen-bond acceptors (Lipinski definition) is 3. The van der Waals surface area contributed by atoms with Crippen molar-refractivity contribution in [3.63, 3.8) is 0 Å². The number of rotatable bonds is 7. The van der Waals surface area contributed by atoms with Crippen LogP contribution in [0.4, 0.5) is 4.39 Å². The second-order valence-electron chi connectivity index (χ2n) is 5.58. The molecule has 132 valence electrons. The van der Waals surface area contributed by atoms with E-state index in [4.69, 9.17) is 9.47 Å². The molecule has 0 atom stereocenters. The first kappa shape index (κ1) is 18.5. The molecule has 0 N–H and O–H groups in total. The highest BCUT2D eigenvalue weighted by Crippen LogP contribution is 2.28. The highest BCUT2D eigenvalue weighted by Gasteiger charge is 2.12. The van der Waals surface area contributed by atoms with E-state index in [1.165, 1.54) is 17.0 Å². The van der Waals surface area contributed by atoms with Crippen molar-refractivity contribution >= 4 is 12.0 Å². The van der Waals surface area contributed by atoms with Gasteiger partial charge in [-0.3, -0.25) is 4.79 Å². The van der Waals surface area contributed by atoms with E-state index in [9.17, 15) is 9.18 Å². The first-order valence-corrected chi connectivity index (χ1v) is 7.95. The summed E-state index contributed by atoms with van der Waals surface area (Å²) in [6, 6.07) is 11.6. The van der Waals surface area contributed by atoms with Gasteiger partial charge < -0.3 is 14.4 Å². The Kier molecular flexibility index (Phi) is 6.57. The van der Waals surface area contributed by atoms with E-state index >= 15 is 0 Å². The summed E-state index contributed by atoms with van der Waals surface area (Å²) < 4.78 is 23.8. The Bertz CT molecular complexity index is 741. The van der Waals surface area contributed by atoms with Gasteiger partial charge in [-0.05, 0) is 42.3 Å². The number of carbonyl (C=O) groups is 1. The van der Waals surface area contributed by atoms with Crippen LogP contribution in [0, 0.1) is 5.82 Å². The van der Waals surface area contributed by atoms with Gasteiger partial charge in [-0.15, -0.1) is 0 Å². The van der Waals surface area contributed by atoms with Crippen molar-refractivity contribution in [3.05, 3.63) is 65.5 Å². The number of halogens is 1. The Labute approximate surface area is 147 Å². The summed E-state index contributed by atoms with van der Waals surface area (Å²) in [7, 11) is 3.24. The van der Waals surface area contributed by atoms with Gasteiger partial charge in [0, 0.05) is 13.6 Å². The lowest BCUT2D eigenvalue weighted by Gasteiger charge is -2.18. The minimum Gasteiger partial charge on any atom is -0.493 e. The third kappa shape index (κ3) is 5.35. The molecule has 2 aromatic carbocycles. The number of carbonyl (C=O) groups excluding carboxylic acids is 1. The van der Waals surface area contributed by atoms with Crippen LogP contribution in [0.15, 0.2) is 48.5 Å². The smallest absolute Gasteiger partial charge is 0.260 e. The number of hydrogen-bond donors (Lipinski definition) is 0. The molecule has 0 fully saturated rings. The number of amides is 1. The first-order chi connectivity index (χ1) is 12.0. The fourth-order valence-corrected chi connectivity index (χ4v) is 2.30. The van der Waals surface area contributed by atoms with Gasteiger partial charge in [0.2, 0.25) is 0 Å². The predicted molar refractivity (Wildman–Crippen MR) is 96.1 cm³/mol. The number of nitrogens with zero attached hydrogens (tertiary/aromatic N) is 1. The summed E-state index contributed by atoms with van der Waals surface area (Å²) in [5.74, 6) is 0.613. The SMILES string of the molecule is CC=Cc1ccc(OCC(=O)N(C)Cc2ccc(F)cc2)c(OC)c1. The fourth-order valence-electron chi connectivity index (χ4n) is 2.30. The van der Waals surface area contributed by atoms with Crippen LogP contribution < -0.4 is 9.47 Å². The van der Waals surface area contributed by atoms with Gasteiger partial charge in [0.05, 0.1) is 7.11 Å². The molecule has 25 heavy (non-hydrogen) atoms. The van der Waals surface area contributed by atoms with E-state index in [-0.39, 0.29) is 18.3 Å². The van der Waals surface area contributed by atoms with Crippen LogP contribution in [0.5, 0.6) is 11.5 Å². The quantitative estimate of drug-likeness (QED) is 0.765. The van der Waals surface area contributed by atoms with Crippen LogP contribution in [0.25, 0.3) is 6.08 Å². The van der Waals surface area contributed by atoms with Gasteiger partial charge in [-0.1, -0.05) is 30.4 Å². The van der Waals surface area contributed by atoms with E-state index in [0.717, 1.165) is 11.1 Å². The van der Waals surface area contributed by atoms with Crippen LogP contribution in [-0.2, 0) is 11.3 Å². The number of benzene rings is 2. The molecule has 5 heteroatoms. The van der Waals surface area contributed by atoms with Crippen molar-refractivity contribution in [3.8, 4) is 11.5 Å². The van der Waals surface area contributed by atoms with Crippen molar-refractivity contribution in [1.29, 1.82) is 0 Å². The molecule has 0 radical (unpaired) electrons. The molecule has 0 saturated carbocycles. The van der Waals surface area contributed by atoms with E-state index in [1.54, 1.807) is 32.4 Å². The molecule has 0 aliphatic rings. The second kappa shape index (κ2) is 8.87. The summed E-state index contributed by atoms with van der Waals surface area (Å²) in [6.07, 6.45) is 3.89. The summed E-state index contributed by atoms with van der Waals surface area (Å²) in [4.78, 5) is 13.8. The van der Waals surface area contributed by atoms with Gasteiger partial charge in [-0.2, -0.15) is 0 Å². The van der Waals surface area contributed by atoms with Gasteiger partial charge in [0.1, 0.15) is 5.82 Å². The van der Waals surface area contributed by atoms with E-state index in [0.29, 0.717) is 18.0 Å². The molecule has 1 amide bonds. The summed E-state index contributed by atoms with van der Waals surface area (Å²) in [6.45, 7) is 2.23. The van der Waals surface area contributed by atoms with Gasteiger partial charge in [0.15, 0.2) is 18.1 Å². The zero-order valence-electron chi connectivity index (χ0n) is 14.7. The fraction of sp³-hybridized carbons (Fsp3) is 0.250. The molecule has 0 aliphatic carbocycles. The average molecular weight is 343 g/mol. The van der Waals surface area contributed by atoms with E-state index < -0.39 is 0 Å². The van der Waals surface area contributed by atoms with Crippen molar-refractivity contribution < 1.29 is 18.7 Å². The third-order valence-corrected chi connectivity index (χ3v) is 3.66. The maximum Gasteiger partial charge on any atom is 0.260 e. The van der Waals surface area contributed by atoms with E-state index in [1.807, 2.05) is 31.2 Å². The van der Waals surface area contributed by atoms with Gasteiger partial charge in [-0.25, -0.2) is 4.39 Å². The molecule has 0 bridgehead atoms. The Morgan fingerprint density at radius 1 is 1.16 bits per heavy atom. The molecule has 4 nitrogen and oxygen atoms in total. The molecule has 0 aliphatic heterocycles. The monoisotopic (exact) mass is 343 g/mol. The highest BCUT2D eigenvalue weighted by molar-refractivity contribution is 5.77. The molecule has 2 aromatic rings. The number of ether oxygens (including phenoxy) is 2. The van der Waals surface area contributed by atoms with Crippen molar-refractivity contribution in [2.75, 3.05) is 20.8 Å². The minimum absolute atomic E-state index is 0.100. The molecular weight excluding hydrogens is 321 g/mol. The van der Waals surface area contributed by atoms with Crippen LogP contribution in [0.2, 0.25) is 0 Å². The van der Waals surface area contributed by atoms with Crippen molar-refractivity contribution in [1.82, 2.24) is 4.90 Å².